The quantitative estimate of drug-likeness (QED) is 0.829. The van der Waals surface area contributed by atoms with Gasteiger partial charge < -0.3 is 9.47 Å². The summed E-state index contributed by atoms with van der Waals surface area (Å²) in [5.74, 6) is 3.37. The maximum absolute atomic E-state index is 9.11. The summed E-state index contributed by atoms with van der Waals surface area (Å²) in [6, 6.07) is 7.78. The Morgan fingerprint density at radius 1 is 1.11 bits per heavy atom. The number of likely N-dealkylation sites (tertiary alicyclic amines) is 1. The van der Waals surface area contributed by atoms with Gasteiger partial charge in [0.2, 0.25) is 0 Å². The van der Waals surface area contributed by atoms with E-state index in [0.29, 0.717) is 11.6 Å². The van der Waals surface area contributed by atoms with E-state index in [9.17, 15) is 0 Å². The summed E-state index contributed by atoms with van der Waals surface area (Å²) in [5, 5.41) is 18.2. The number of hydrogen-bond acceptors (Lipinski definition) is 6. The van der Waals surface area contributed by atoms with Gasteiger partial charge in [0.15, 0.2) is 0 Å². The molecular weight excluding hydrogens is 338 g/mol. The van der Waals surface area contributed by atoms with Gasteiger partial charge in [-0.05, 0) is 50.9 Å². The fourth-order valence-corrected chi connectivity index (χ4v) is 4.24. The van der Waals surface area contributed by atoms with Crippen LogP contribution < -0.4 is 4.90 Å². The number of pyridine rings is 1. The van der Waals surface area contributed by atoms with Crippen molar-refractivity contribution in [3.05, 3.63) is 35.5 Å². The SMILES string of the molecule is Cn1c(CN2CCCCC2)nnc1[C@H]1CCCN(c2cccc(C#N)n2)C1. The smallest absolute Gasteiger partial charge is 0.146 e. The molecule has 2 aromatic rings. The molecule has 0 amide bonds. The Morgan fingerprint density at radius 3 is 2.78 bits per heavy atom. The van der Waals surface area contributed by atoms with Crippen LogP contribution in [0.25, 0.3) is 0 Å². The van der Waals surface area contributed by atoms with Gasteiger partial charge in [-0.15, -0.1) is 10.2 Å². The van der Waals surface area contributed by atoms with Crippen LogP contribution in [0.3, 0.4) is 0 Å². The molecule has 1 atom stereocenters. The van der Waals surface area contributed by atoms with E-state index < -0.39 is 0 Å². The van der Waals surface area contributed by atoms with Gasteiger partial charge in [-0.2, -0.15) is 5.26 Å². The van der Waals surface area contributed by atoms with Crippen molar-refractivity contribution >= 4 is 5.82 Å². The molecule has 0 unspecified atom stereocenters. The Balaban J connectivity index is 1.47. The number of aromatic nitrogens is 4. The molecule has 2 aliphatic rings. The molecule has 2 aliphatic heterocycles. The second-order valence-electron chi connectivity index (χ2n) is 7.65. The average Bonchev–Trinajstić information content (AvgIpc) is 3.09. The van der Waals surface area contributed by atoms with E-state index in [1.165, 1.54) is 32.4 Å². The topological polar surface area (TPSA) is 73.9 Å². The minimum atomic E-state index is 0.346. The lowest BCUT2D eigenvalue weighted by molar-refractivity contribution is 0.213. The van der Waals surface area contributed by atoms with Gasteiger partial charge in [-0.1, -0.05) is 12.5 Å². The lowest BCUT2D eigenvalue weighted by Crippen LogP contribution is -2.36. The molecule has 2 aromatic heterocycles. The molecule has 7 heteroatoms. The first kappa shape index (κ1) is 17.9. The molecule has 0 aromatic carbocycles. The summed E-state index contributed by atoms with van der Waals surface area (Å²) in [6.45, 7) is 5.07. The predicted molar refractivity (Wildman–Crippen MR) is 103 cm³/mol. The predicted octanol–water partition coefficient (Wildman–Crippen LogP) is 2.45. The van der Waals surface area contributed by atoms with Crippen molar-refractivity contribution in [1.82, 2.24) is 24.6 Å². The third-order valence-electron chi connectivity index (χ3n) is 5.77. The van der Waals surface area contributed by atoms with E-state index in [-0.39, 0.29) is 0 Å². The van der Waals surface area contributed by atoms with E-state index in [4.69, 9.17) is 5.26 Å². The van der Waals surface area contributed by atoms with Crippen molar-refractivity contribution in [1.29, 1.82) is 5.26 Å². The molecule has 0 saturated carbocycles. The minimum Gasteiger partial charge on any atom is -0.356 e. The number of piperidine rings is 2. The number of rotatable bonds is 4. The summed E-state index contributed by atoms with van der Waals surface area (Å²) in [5.41, 5.74) is 0.470. The van der Waals surface area contributed by atoms with Gasteiger partial charge in [0.25, 0.3) is 0 Å². The molecule has 2 fully saturated rings. The second-order valence-corrected chi connectivity index (χ2v) is 7.65. The molecule has 0 radical (unpaired) electrons. The molecule has 4 rings (SSSR count). The molecule has 27 heavy (non-hydrogen) atoms. The highest BCUT2D eigenvalue weighted by Gasteiger charge is 2.27. The Bertz CT molecular complexity index is 816. The van der Waals surface area contributed by atoms with Crippen molar-refractivity contribution < 1.29 is 0 Å². The van der Waals surface area contributed by atoms with Crippen molar-refractivity contribution in [3.63, 3.8) is 0 Å². The Morgan fingerprint density at radius 2 is 1.96 bits per heavy atom. The summed E-state index contributed by atoms with van der Waals surface area (Å²) in [6.07, 6.45) is 6.13. The summed E-state index contributed by atoms with van der Waals surface area (Å²) in [4.78, 5) is 9.22. The average molecular weight is 365 g/mol. The molecule has 142 valence electrons. The van der Waals surface area contributed by atoms with Crippen LogP contribution in [0.1, 0.15) is 55.4 Å². The van der Waals surface area contributed by atoms with Gasteiger partial charge in [0.05, 0.1) is 6.54 Å². The monoisotopic (exact) mass is 365 g/mol. The highest BCUT2D eigenvalue weighted by molar-refractivity contribution is 5.42. The highest BCUT2D eigenvalue weighted by atomic mass is 15.3. The summed E-state index contributed by atoms with van der Waals surface area (Å²) in [7, 11) is 2.10. The van der Waals surface area contributed by atoms with Gasteiger partial charge in [-0.25, -0.2) is 4.98 Å². The zero-order valence-electron chi connectivity index (χ0n) is 16.0. The molecule has 2 saturated heterocycles. The Kier molecular flexibility index (Phi) is 5.35. The van der Waals surface area contributed by atoms with E-state index >= 15 is 0 Å². The lowest BCUT2D eigenvalue weighted by atomic mass is 9.97. The van der Waals surface area contributed by atoms with Gasteiger partial charge >= 0.3 is 0 Å². The zero-order valence-corrected chi connectivity index (χ0v) is 16.0. The highest BCUT2D eigenvalue weighted by Crippen LogP contribution is 2.28. The standard InChI is InChI=1S/C20H27N7/c1-25-19(15-26-10-3-2-4-11-26)23-24-20(25)16-7-6-12-27(14-16)18-9-5-8-17(13-21)22-18/h5,8-9,16H,2-4,6-7,10-12,14-15H2,1H3/t16-/m0/s1. The number of hydrogen-bond donors (Lipinski definition) is 0. The van der Waals surface area contributed by atoms with Crippen LogP contribution in [0, 0.1) is 11.3 Å². The number of nitriles is 1. The van der Waals surface area contributed by atoms with E-state index in [0.717, 1.165) is 49.9 Å². The van der Waals surface area contributed by atoms with Crippen LogP contribution in [-0.4, -0.2) is 50.8 Å². The van der Waals surface area contributed by atoms with Gasteiger partial charge in [0, 0.05) is 26.1 Å². The summed E-state index contributed by atoms with van der Waals surface area (Å²) < 4.78 is 2.20. The van der Waals surface area contributed by atoms with Crippen LogP contribution in [-0.2, 0) is 13.6 Å². The Labute approximate surface area is 160 Å². The molecule has 0 bridgehead atoms. The maximum atomic E-state index is 9.11. The molecule has 0 spiro atoms. The normalized spacial score (nSPS) is 21.2. The van der Waals surface area contributed by atoms with Crippen molar-refractivity contribution in [2.45, 2.75) is 44.6 Å². The first-order valence-electron chi connectivity index (χ1n) is 9.97. The third kappa shape index (κ3) is 3.96. The maximum Gasteiger partial charge on any atom is 0.146 e. The molecule has 7 nitrogen and oxygen atoms in total. The molecule has 0 aliphatic carbocycles. The zero-order chi connectivity index (χ0) is 18.6. The van der Waals surface area contributed by atoms with Gasteiger partial charge in [0.1, 0.15) is 29.2 Å². The number of nitrogens with zero attached hydrogens (tertiary/aromatic N) is 7. The fourth-order valence-electron chi connectivity index (χ4n) is 4.24. The Hall–Kier alpha value is -2.46. The molecule has 4 heterocycles. The fraction of sp³-hybridized carbons (Fsp3) is 0.600. The van der Waals surface area contributed by atoms with Crippen LogP contribution in [0.15, 0.2) is 18.2 Å². The van der Waals surface area contributed by atoms with Crippen molar-refractivity contribution in [2.75, 3.05) is 31.1 Å². The first-order chi connectivity index (χ1) is 13.2. The van der Waals surface area contributed by atoms with Crippen molar-refractivity contribution in [3.8, 4) is 6.07 Å². The largest absolute Gasteiger partial charge is 0.356 e. The van der Waals surface area contributed by atoms with Crippen LogP contribution >= 0.6 is 0 Å². The van der Waals surface area contributed by atoms with Crippen LogP contribution in [0.5, 0.6) is 0 Å². The second kappa shape index (κ2) is 8.05. The summed E-state index contributed by atoms with van der Waals surface area (Å²) >= 11 is 0. The van der Waals surface area contributed by atoms with Crippen molar-refractivity contribution in [2.24, 2.45) is 7.05 Å². The first-order valence-corrected chi connectivity index (χ1v) is 9.97. The molecular formula is C20H27N7. The molecule has 0 N–H and O–H groups in total. The van der Waals surface area contributed by atoms with E-state index in [1.807, 2.05) is 12.1 Å². The third-order valence-corrected chi connectivity index (χ3v) is 5.77. The number of anilines is 1. The van der Waals surface area contributed by atoms with Crippen LogP contribution in [0.2, 0.25) is 0 Å². The van der Waals surface area contributed by atoms with E-state index in [1.54, 1.807) is 6.07 Å². The van der Waals surface area contributed by atoms with Gasteiger partial charge in [-0.3, -0.25) is 4.90 Å². The van der Waals surface area contributed by atoms with Crippen LogP contribution in [0.4, 0.5) is 5.82 Å². The minimum absolute atomic E-state index is 0.346. The van der Waals surface area contributed by atoms with E-state index in [2.05, 4.69) is 42.7 Å². The lowest BCUT2D eigenvalue weighted by Gasteiger charge is -2.33.